The molecule has 2 N–H and O–H groups in total. The highest BCUT2D eigenvalue weighted by Gasteiger charge is 2.16. The van der Waals surface area contributed by atoms with E-state index in [0.717, 1.165) is 11.1 Å². The predicted octanol–water partition coefficient (Wildman–Crippen LogP) is 3.38. The average molecular weight is 366 g/mol. The zero-order valence-corrected chi connectivity index (χ0v) is 15.5. The molecule has 1 aromatic heterocycles. The lowest BCUT2D eigenvalue weighted by molar-refractivity contribution is -0.137. The topological polar surface area (TPSA) is 88.5 Å². The first-order chi connectivity index (χ1) is 12.9. The highest BCUT2D eigenvalue weighted by molar-refractivity contribution is 5.94. The number of carboxylic acids is 1. The molecule has 0 fully saturated rings. The van der Waals surface area contributed by atoms with E-state index in [-0.39, 0.29) is 18.2 Å². The summed E-state index contributed by atoms with van der Waals surface area (Å²) in [6, 6.07) is 8.79. The van der Waals surface area contributed by atoms with Gasteiger partial charge in [0.15, 0.2) is 6.10 Å². The van der Waals surface area contributed by atoms with Crippen molar-refractivity contribution < 1.29 is 19.4 Å². The summed E-state index contributed by atoms with van der Waals surface area (Å²) >= 11 is 0. The predicted molar refractivity (Wildman–Crippen MR) is 103 cm³/mol. The van der Waals surface area contributed by atoms with Crippen molar-refractivity contribution in [2.75, 3.05) is 5.32 Å². The SMILES string of the molecule is CC#CC(CC(=O)O)c1ccc(NC(=O)C(C)Oc2cncc(C)c2)cc1. The summed E-state index contributed by atoms with van der Waals surface area (Å²) in [6.07, 6.45) is 2.50. The Morgan fingerprint density at radius 3 is 2.56 bits per heavy atom. The van der Waals surface area contributed by atoms with Gasteiger partial charge < -0.3 is 15.2 Å². The molecule has 2 rings (SSSR count). The zero-order valence-electron chi connectivity index (χ0n) is 15.5. The zero-order chi connectivity index (χ0) is 19.8. The minimum atomic E-state index is -0.906. The van der Waals surface area contributed by atoms with Crippen molar-refractivity contribution in [3.63, 3.8) is 0 Å². The van der Waals surface area contributed by atoms with Crippen molar-refractivity contribution in [3.8, 4) is 17.6 Å². The lowest BCUT2D eigenvalue weighted by Gasteiger charge is -2.15. The van der Waals surface area contributed by atoms with Gasteiger partial charge in [-0.15, -0.1) is 5.92 Å². The largest absolute Gasteiger partial charge is 0.481 e. The summed E-state index contributed by atoms with van der Waals surface area (Å²) in [4.78, 5) is 27.3. The van der Waals surface area contributed by atoms with Crippen LogP contribution in [0.3, 0.4) is 0 Å². The number of hydrogen-bond donors (Lipinski definition) is 2. The first kappa shape index (κ1) is 20.0. The molecule has 2 aromatic rings. The Morgan fingerprint density at radius 2 is 1.96 bits per heavy atom. The van der Waals surface area contributed by atoms with Gasteiger partial charge in [0.1, 0.15) is 5.75 Å². The molecule has 140 valence electrons. The molecule has 0 radical (unpaired) electrons. The van der Waals surface area contributed by atoms with Crippen molar-refractivity contribution in [1.29, 1.82) is 0 Å². The smallest absolute Gasteiger partial charge is 0.304 e. The third-order valence-electron chi connectivity index (χ3n) is 3.81. The molecule has 6 heteroatoms. The van der Waals surface area contributed by atoms with E-state index in [9.17, 15) is 9.59 Å². The molecule has 1 heterocycles. The summed E-state index contributed by atoms with van der Waals surface area (Å²) in [5.74, 6) is 4.60. The number of nitrogens with one attached hydrogen (secondary N) is 1. The minimum absolute atomic E-state index is 0.0675. The van der Waals surface area contributed by atoms with Crippen molar-refractivity contribution >= 4 is 17.6 Å². The highest BCUT2D eigenvalue weighted by atomic mass is 16.5. The van der Waals surface area contributed by atoms with E-state index < -0.39 is 12.1 Å². The Kier molecular flexibility index (Phi) is 6.95. The van der Waals surface area contributed by atoms with Gasteiger partial charge >= 0.3 is 5.97 Å². The quantitative estimate of drug-likeness (QED) is 0.734. The molecular formula is C21H22N2O4. The molecule has 0 spiro atoms. The number of aliphatic carboxylic acids is 1. The number of pyridine rings is 1. The number of carbonyl (C=O) groups excluding carboxylic acids is 1. The third-order valence-corrected chi connectivity index (χ3v) is 3.81. The second-order valence-corrected chi connectivity index (χ2v) is 6.11. The van der Waals surface area contributed by atoms with Crippen LogP contribution >= 0.6 is 0 Å². The fourth-order valence-electron chi connectivity index (χ4n) is 2.49. The van der Waals surface area contributed by atoms with E-state index in [1.54, 1.807) is 50.5 Å². The number of aromatic nitrogens is 1. The number of ether oxygens (including phenoxy) is 1. The molecular weight excluding hydrogens is 344 g/mol. The summed E-state index contributed by atoms with van der Waals surface area (Å²) in [5.41, 5.74) is 2.33. The van der Waals surface area contributed by atoms with E-state index in [4.69, 9.17) is 9.84 Å². The van der Waals surface area contributed by atoms with E-state index in [1.807, 2.05) is 13.0 Å². The Morgan fingerprint density at radius 1 is 1.26 bits per heavy atom. The van der Waals surface area contributed by atoms with Gasteiger partial charge in [-0.25, -0.2) is 0 Å². The number of carboxylic acid groups (broad SMARTS) is 1. The van der Waals surface area contributed by atoms with Crippen LogP contribution in [0, 0.1) is 18.8 Å². The van der Waals surface area contributed by atoms with Crippen LogP contribution in [0.1, 0.15) is 37.3 Å². The van der Waals surface area contributed by atoms with Crippen LogP contribution < -0.4 is 10.1 Å². The third kappa shape index (κ3) is 6.15. The van der Waals surface area contributed by atoms with Gasteiger partial charge in [-0.05, 0) is 50.1 Å². The molecule has 2 unspecified atom stereocenters. The number of benzene rings is 1. The van der Waals surface area contributed by atoms with E-state index in [1.165, 1.54) is 0 Å². The number of nitrogens with zero attached hydrogens (tertiary/aromatic N) is 1. The number of aryl methyl sites for hydroxylation is 1. The normalized spacial score (nSPS) is 12.3. The van der Waals surface area contributed by atoms with Crippen LogP contribution in [0.15, 0.2) is 42.7 Å². The maximum absolute atomic E-state index is 12.3. The lowest BCUT2D eigenvalue weighted by Crippen LogP contribution is -2.30. The maximum atomic E-state index is 12.3. The van der Waals surface area contributed by atoms with Crippen LogP contribution in [0.5, 0.6) is 5.75 Å². The minimum Gasteiger partial charge on any atom is -0.481 e. The standard InChI is InChI=1S/C21H22N2O4/c1-4-5-17(11-20(24)25)16-6-8-18(9-7-16)23-21(26)15(3)27-19-10-14(2)12-22-13-19/h6-10,12-13,15,17H,11H2,1-3H3,(H,23,26)(H,24,25). The van der Waals surface area contributed by atoms with Crippen LogP contribution in [0.4, 0.5) is 5.69 Å². The fraction of sp³-hybridized carbons (Fsp3) is 0.286. The number of carbonyl (C=O) groups is 2. The molecule has 1 aromatic carbocycles. The first-order valence-corrected chi connectivity index (χ1v) is 8.52. The molecule has 0 saturated heterocycles. The number of hydrogen-bond acceptors (Lipinski definition) is 4. The van der Waals surface area contributed by atoms with Crippen molar-refractivity contribution in [2.45, 2.75) is 39.2 Å². The van der Waals surface area contributed by atoms with Crippen molar-refractivity contribution in [1.82, 2.24) is 4.98 Å². The van der Waals surface area contributed by atoms with Crippen LogP contribution in [-0.2, 0) is 9.59 Å². The molecule has 6 nitrogen and oxygen atoms in total. The molecule has 0 bridgehead atoms. The molecule has 27 heavy (non-hydrogen) atoms. The Bertz CT molecular complexity index is 866. The number of rotatable bonds is 7. The van der Waals surface area contributed by atoms with Crippen molar-refractivity contribution in [3.05, 3.63) is 53.9 Å². The maximum Gasteiger partial charge on any atom is 0.304 e. The Labute approximate surface area is 158 Å². The summed E-state index contributed by atoms with van der Waals surface area (Å²) in [6.45, 7) is 5.23. The molecule has 2 atom stereocenters. The fourth-order valence-corrected chi connectivity index (χ4v) is 2.49. The Hall–Kier alpha value is -3.33. The van der Waals surface area contributed by atoms with Crippen LogP contribution in [-0.4, -0.2) is 28.1 Å². The monoisotopic (exact) mass is 366 g/mol. The molecule has 0 aliphatic carbocycles. The van der Waals surface area contributed by atoms with Gasteiger partial charge in [-0.2, -0.15) is 0 Å². The molecule has 0 aliphatic heterocycles. The van der Waals surface area contributed by atoms with E-state index >= 15 is 0 Å². The van der Waals surface area contributed by atoms with Gasteiger partial charge in [-0.3, -0.25) is 14.6 Å². The van der Waals surface area contributed by atoms with E-state index in [0.29, 0.717) is 11.4 Å². The second-order valence-electron chi connectivity index (χ2n) is 6.11. The molecule has 1 amide bonds. The van der Waals surface area contributed by atoms with Crippen LogP contribution in [0.25, 0.3) is 0 Å². The number of anilines is 1. The van der Waals surface area contributed by atoms with Gasteiger partial charge in [0.25, 0.3) is 5.91 Å². The highest BCUT2D eigenvalue weighted by Crippen LogP contribution is 2.21. The lowest BCUT2D eigenvalue weighted by atomic mass is 9.96. The van der Waals surface area contributed by atoms with Gasteiger partial charge in [0.2, 0.25) is 0 Å². The van der Waals surface area contributed by atoms with Gasteiger partial charge in [0, 0.05) is 11.9 Å². The summed E-state index contributed by atoms with van der Waals surface area (Å²) in [7, 11) is 0. The van der Waals surface area contributed by atoms with Gasteiger partial charge in [-0.1, -0.05) is 18.1 Å². The van der Waals surface area contributed by atoms with Crippen molar-refractivity contribution in [2.24, 2.45) is 0 Å². The van der Waals surface area contributed by atoms with Gasteiger partial charge in [0.05, 0.1) is 18.5 Å². The van der Waals surface area contributed by atoms with E-state index in [2.05, 4.69) is 22.1 Å². The summed E-state index contributed by atoms with van der Waals surface area (Å²) < 4.78 is 5.61. The Balaban J connectivity index is 2.01. The molecule has 0 aliphatic rings. The first-order valence-electron chi connectivity index (χ1n) is 8.52. The average Bonchev–Trinajstić information content (AvgIpc) is 2.61. The summed E-state index contributed by atoms with van der Waals surface area (Å²) in [5, 5.41) is 11.8. The molecule has 0 saturated carbocycles. The second kappa shape index (κ2) is 9.39. The van der Waals surface area contributed by atoms with Crippen LogP contribution in [0.2, 0.25) is 0 Å². The number of amides is 1.